The van der Waals surface area contributed by atoms with E-state index < -0.39 is 11.1 Å². The highest BCUT2D eigenvalue weighted by Gasteiger charge is 2.53. The Morgan fingerprint density at radius 2 is 1.79 bits per heavy atom. The fraction of sp³-hybridized carbons (Fsp3) is 0.421. The van der Waals surface area contributed by atoms with Crippen molar-refractivity contribution in [2.75, 3.05) is 0 Å². The van der Waals surface area contributed by atoms with E-state index in [9.17, 15) is 14.4 Å². The van der Waals surface area contributed by atoms with Crippen molar-refractivity contribution in [3.8, 4) is 0 Å². The van der Waals surface area contributed by atoms with Gasteiger partial charge in [0.2, 0.25) is 0 Å². The SMILES string of the molecule is C[C@@H]1C(=O)CC[C@]2(c3ccccc3)c3[nH]c(=O)[nH]c(=O)c3CC[C@@H]12. The molecule has 1 aromatic heterocycles. The summed E-state index contributed by atoms with van der Waals surface area (Å²) >= 11 is 0. The third-order valence-electron chi connectivity index (χ3n) is 5.99. The molecule has 0 spiro atoms. The molecule has 2 aliphatic carbocycles. The summed E-state index contributed by atoms with van der Waals surface area (Å²) in [5.74, 6) is 0.309. The van der Waals surface area contributed by atoms with Gasteiger partial charge in [-0.1, -0.05) is 37.3 Å². The van der Waals surface area contributed by atoms with Crippen LogP contribution in [0.4, 0.5) is 0 Å². The Kier molecular flexibility index (Phi) is 3.34. The standard InChI is InChI=1S/C19H20N2O3/c1-11-14-8-7-13-16(20-18(24)21-17(13)23)19(14,10-9-15(11)22)12-5-3-2-4-6-12/h2-6,11,14H,7-10H2,1H3,(H2,20,21,23,24)/t11-,14-,19+/m0/s1. The van der Waals surface area contributed by atoms with Gasteiger partial charge in [-0.15, -0.1) is 0 Å². The molecular formula is C19H20N2O3. The average Bonchev–Trinajstić information content (AvgIpc) is 2.58. The molecular weight excluding hydrogens is 304 g/mol. The molecule has 1 aromatic carbocycles. The van der Waals surface area contributed by atoms with Crippen LogP contribution in [0.3, 0.4) is 0 Å². The zero-order valence-electron chi connectivity index (χ0n) is 13.6. The molecule has 0 aliphatic heterocycles. The first-order chi connectivity index (χ1) is 11.5. The first-order valence-corrected chi connectivity index (χ1v) is 8.48. The maximum absolute atomic E-state index is 12.3. The topological polar surface area (TPSA) is 82.8 Å². The Balaban J connectivity index is 2.05. The van der Waals surface area contributed by atoms with Crippen LogP contribution in [0.25, 0.3) is 0 Å². The first-order valence-electron chi connectivity index (χ1n) is 8.48. The van der Waals surface area contributed by atoms with E-state index in [4.69, 9.17) is 0 Å². The number of hydrogen-bond acceptors (Lipinski definition) is 3. The van der Waals surface area contributed by atoms with Crippen LogP contribution in [0.1, 0.15) is 43.0 Å². The Labute approximate surface area is 139 Å². The van der Waals surface area contributed by atoms with Crippen molar-refractivity contribution >= 4 is 5.78 Å². The van der Waals surface area contributed by atoms with Crippen molar-refractivity contribution in [2.45, 2.75) is 38.0 Å². The van der Waals surface area contributed by atoms with Crippen LogP contribution in [-0.2, 0) is 16.6 Å². The number of hydrogen-bond donors (Lipinski definition) is 2. The van der Waals surface area contributed by atoms with E-state index in [2.05, 4.69) is 9.97 Å². The Hall–Kier alpha value is -2.43. The zero-order chi connectivity index (χ0) is 16.9. The van der Waals surface area contributed by atoms with Gasteiger partial charge in [0.15, 0.2) is 0 Å². The second-order valence-corrected chi connectivity index (χ2v) is 7.00. The summed E-state index contributed by atoms with van der Waals surface area (Å²) < 4.78 is 0. The molecule has 0 amide bonds. The lowest BCUT2D eigenvalue weighted by Gasteiger charge is -2.50. The quantitative estimate of drug-likeness (QED) is 0.840. The molecule has 1 heterocycles. The van der Waals surface area contributed by atoms with Gasteiger partial charge in [0.25, 0.3) is 5.56 Å². The van der Waals surface area contributed by atoms with Gasteiger partial charge in [-0.2, -0.15) is 0 Å². The van der Waals surface area contributed by atoms with Crippen LogP contribution < -0.4 is 11.2 Å². The van der Waals surface area contributed by atoms with Crippen LogP contribution in [0.15, 0.2) is 39.9 Å². The number of carbonyl (C=O) groups excluding carboxylic acids is 1. The third-order valence-corrected chi connectivity index (χ3v) is 5.99. The average molecular weight is 324 g/mol. The Morgan fingerprint density at radius 3 is 2.54 bits per heavy atom. The number of benzene rings is 1. The Bertz CT molecular complexity index is 912. The maximum Gasteiger partial charge on any atom is 0.325 e. The summed E-state index contributed by atoms with van der Waals surface area (Å²) in [6.07, 6.45) is 2.49. The third kappa shape index (κ3) is 1.97. The van der Waals surface area contributed by atoms with E-state index >= 15 is 0 Å². The number of aromatic amines is 2. The number of fused-ring (bicyclic) bond motifs is 3. The molecule has 2 aliphatic rings. The van der Waals surface area contributed by atoms with Crippen LogP contribution in [-0.4, -0.2) is 15.8 Å². The fourth-order valence-corrected chi connectivity index (χ4v) is 4.86. The maximum atomic E-state index is 12.3. The minimum absolute atomic E-state index is 0.0742. The molecule has 24 heavy (non-hydrogen) atoms. The van der Waals surface area contributed by atoms with Crippen molar-refractivity contribution in [3.63, 3.8) is 0 Å². The van der Waals surface area contributed by atoms with Gasteiger partial charge in [-0.25, -0.2) is 4.79 Å². The van der Waals surface area contributed by atoms with E-state index in [1.807, 2.05) is 37.3 Å². The van der Waals surface area contributed by atoms with Crippen molar-refractivity contribution < 1.29 is 4.79 Å². The summed E-state index contributed by atoms with van der Waals surface area (Å²) in [5.41, 5.74) is 1.23. The minimum atomic E-state index is -0.473. The lowest BCUT2D eigenvalue weighted by molar-refractivity contribution is -0.128. The van der Waals surface area contributed by atoms with Gasteiger partial charge in [0.05, 0.1) is 0 Å². The lowest BCUT2D eigenvalue weighted by atomic mass is 9.53. The van der Waals surface area contributed by atoms with E-state index in [0.29, 0.717) is 24.8 Å². The fourth-order valence-electron chi connectivity index (χ4n) is 4.86. The summed E-state index contributed by atoms with van der Waals surface area (Å²) in [4.78, 5) is 41.9. The van der Waals surface area contributed by atoms with Crippen LogP contribution in [0.5, 0.6) is 0 Å². The van der Waals surface area contributed by atoms with Gasteiger partial charge < -0.3 is 4.98 Å². The summed E-state index contributed by atoms with van der Waals surface area (Å²) in [5, 5.41) is 0. The number of rotatable bonds is 1. The zero-order valence-corrected chi connectivity index (χ0v) is 13.6. The molecule has 2 N–H and O–H groups in total. The molecule has 1 fully saturated rings. The van der Waals surface area contributed by atoms with E-state index in [1.54, 1.807) is 0 Å². The molecule has 3 atom stereocenters. The van der Waals surface area contributed by atoms with Crippen molar-refractivity contribution in [3.05, 3.63) is 68.0 Å². The number of nitrogens with one attached hydrogen (secondary N) is 2. The monoisotopic (exact) mass is 324 g/mol. The highest BCUT2D eigenvalue weighted by molar-refractivity contribution is 5.83. The molecule has 5 nitrogen and oxygen atoms in total. The normalized spacial score (nSPS) is 29.0. The predicted molar refractivity (Wildman–Crippen MR) is 90.1 cm³/mol. The molecule has 124 valence electrons. The minimum Gasteiger partial charge on any atom is -0.310 e. The smallest absolute Gasteiger partial charge is 0.310 e. The molecule has 2 aromatic rings. The second kappa shape index (κ2) is 5.30. The van der Waals surface area contributed by atoms with E-state index in [1.165, 1.54) is 0 Å². The van der Waals surface area contributed by atoms with Gasteiger partial charge in [0, 0.05) is 29.0 Å². The van der Waals surface area contributed by atoms with Crippen molar-refractivity contribution in [1.82, 2.24) is 9.97 Å². The molecule has 0 bridgehead atoms. The van der Waals surface area contributed by atoms with Crippen LogP contribution >= 0.6 is 0 Å². The van der Waals surface area contributed by atoms with E-state index in [0.717, 1.165) is 17.7 Å². The number of carbonyl (C=O) groups is 1. The molecule has 5 heteroatoms. The van der Waals surface area contributed by atoms with Crippen LogP contribution in [0, 0.1) is 11.8 Å². The van der Waals surface area contributed by atoms with Gasteiger partial charge in [-0.3, -0.25) is 14.6 Å². The molecule has 4 rings (SSSR count). The van der Waals surface area contributed by atoms with Gasteiger partial charge in [-0.05, 0) is 30.7 Å². The highest BCUT2D eigenvalue weighted by atomic mass is 16.2. The molecule has 1 saturated carbocycles. The Morgan fingerprint density at radius 1 is 1.04 bits per heavy atom. The lowest BCUT2D eigenvalue weighted by Crippen LogP contribution is -2.52. The first kappa shape index (κ1) is 15.1. The predicted octanol–water partition coefficient (Wildman–Crippen LogP) is 1.91. The molecule has 0 unspecified atom stereocenters. The number of Topliss-reactive ketones (excluding diaryl/α,β-unsaturated/α-hetero) is 1. The molecule has 0 saturated heterocycles. The van der Waals surface area contributed by atoms with Gasteiger partial charge >= 0.3 is 5.69 Å². The summed E-state index contributed by atoms with van der Waals surface area (Å²) in [7, 11) is 0. The number of aromatic nitrogens is 2. The largest absolute Gasteiger partial charge is 0.325 e. The van der Waals surface area contributed by atoms with Crippen molar-refractivity contribution in [1.29, 1.82) is 0 Å². The number of ketones is 1. The highest BCUT2D eigenvalue weighted by Crippen LogP contribution is 2.53. The summed E-state index contributed by atoms with van der Waals surface area (Å²) in [6, 6.07) is 9.99. The second-order valence-electron chi connectivity index (χ2n) is 7.00. The molecule has 0 radical (unpaired) electrons. The summed E-state index contributed by atoms with van der Waals surface area (Å²) in [6.45, 7) is 1.99. The van der Waals surface area contributed by atoms with Crippen LogP contribution in [0.2, 0.25) is 0 Å². The van der Waals surface area contributed by atoms with Crippen molar-refractivity contribution in [2.24, 2.45) is 11.8 Å². The van der Waals surface area contributed by atoms with Gasteiger partial charge in [0.1, 0.15) is 5.78 Å². The number of H-pyrrole nitrogens is 2. The van der Waals surface area contributed by atoms with E-state index in [-0.39, 0.29) is 23.2 Å².